The van der Waals surface area contributed by atoms with Crippen LogP contribution in [0.3, 0.4) is 0 Å². The molecule has 0 aromatic heterocycles. The fourth-order valence-corrected chi connectivity index (χ4v) is 9.83. The number of nitrogens with zero attached hydrogens (tertiary/aromatic N) is 4. The number of fused-ring (bicyclic) bond motifs is 2. The molecule has 1 unspecified atom stereocenters. The molecule has 11 nitrogen and oxygen atoms in total. The molecule has 9 rings (SSSR count). The molecule has 300 valence electrons. The van der Waals surface area contributed by atoms with Crippen LogP contribution in [0.4, 0.5) is 10.1 Å². The van der Waals surface area contributed by atoms with E-state index in [0.29, 0.717) is 23.7 Å². The van der Waals surface area contributed by atoms with Gasteiger partial charge in [0, 0.05) is 63.8 Å². The Labute approximate surface area is 337 Å². The topological polar surface area (TPSA) is 123 Å². The molecule has 3 fully saturated rings. The summed E-state index contributed by atoms with van der Waals surface area (Å²) in [5, 5.41) is 12.4. The van der Waals surface area contributed by atoms with Gasteiger partial charge in [-0.15, -0.1) is 0 Å². The number of imide groups is 2. The number of aryl methyl sites for hydroxylation is 1. The number of anilines is 1. The maximum absolute atomic E-state index is 13.8. The number of phenols is 1. The van der Waals surface area contributed by atoms with Crippen LogP contribution in [0, 0.1) is 11.7 Å². The predicted molar refractivity (Wildman–Crippen MR) is 216 cm³/mol. The van der Waals surface area contributed by atoms with E-state index in [0.717, 1.165) is 99.1 Å². The van der Waals surface area contributed by atoms with Gasteiger partial charge in [-0.1, -0.05) is 30.3 Å². The Morgan fingerprint density at radius 3 is 2.28 bits per heavy atom. The molecule has 4 aromatic carbocycles. The summed E-state index contributed by atoms with van der Waals surface area (Å²) in [5.74, 6) is -0.208. The largest absolute Gasteiger partial charge is 0.508 e. The van der Waals surface area contributed by atoms with E-state index in [-0.39, 0.29) is 42.2 Å². The van der Waals surface area contributed by atoms with Gasteiger partial charge in [0.25, 0.3) is 11.8 Å². The van der Waals surface area contributed by atoms with Crippen molar-refractivity contribution in [1.29, 1.82) is 0 Å². The highest BCUT2D eigenvalue weighted by molar-refractivity contribution is 6.23. The fraction of sp³-hybridized carbons (Fsp3) is 0.391. The number of piperidine rings is 1. The Hall–Kier alpha value is -5.59. The number of nitrogens with one attached hydrogen (secondary N) is 1. The maximum atomic E-state index is 13.8. The third kappa shape index (κ3) is 7.58. The van der Waals surface area contributed by atoms with Crippen LogP contribution in [-0.4, -0.2) is 108 Å². The number of phenolic OH excluding ortho intramolecular Hbond substituents is 1. The van der Waals surface area contributed by atoms with Crippen molar-refractivity contribution in [2.75, 3.05) is 63.9 Å². The molecule has 4 atom stereocenters. The molecular formula is C46H48FN5O6. The van der Waals surface area contributed by atoms with Gasteiger partial charge in [0.05, 0.1) is 11.1 Å². The highest BCUT2D eigenvalue weighted by Crippen LogP contribution is 2.47. The second-order valence-corrected chi connectivity index (χ2v) is 16.4. The van der Waals surface area contributed by atoms with Crippen LogP contribution in [0.1, 0.15) is 80.5 Å². The van der Waals surface area contributed by atoms with Gasteiger partial charge >= 0.3 is 0 Å². The number of aromatic hydroxyl groups is 1. The lowest BCUT2D eigenvalue weighted by Crippen LogP contribution is -2.54. The predicted octanol–water partition coefficient (Wildman–Crippen LogP) is 5.32. The lowest BCUT2D eigenvalue weighted by molar-refractivity contribution is -0.136. The van der Waals surface area contributed by atoms with E-state index in [1.165, 1.54) is 23.3 Å². The zero-order valence-corrected chi connectivity index (χ0v) is 32.4. The smallest absolute Gasteiger partial charge is 0.262 e. The third-order valence-electron chi connectivity index (χ3n) is 12.8. The summed E-state index contributed by atoms with van der Waals surface area (Å²) >= 11 is 0. The summed E-state index contributed by atoms with van der Waals surface area (Å²) in [6.07, 6.45) is 3.16. The highest BCUT2D eigenvalue weighted by atomic mass is 19.1. The van der Waals surface area contributed by atoms with Gasteiger partial charge in [-0.3, -0.25) is 39.2 Å². The first-order chi connectivity index (χ1) is 28.2. The molecular weight excluding hydrogens is 738 g/mol. The van der Waals surface area contributed by atoms with Crippen molar-refractivity contribution in [1.82, 2.24) is 20.0 Å². The monoisotopic (exact) mass is 785 g/mol. The molecule has 0 bridgehead atoms. The number of carbonyl (C=O) groups is 4. The highest BCUT2D eigenvalue weighted by Gasteiger charge is 2.45. The summed E-state index contributed by atoms with van der Waals surface area (Å²) in [7, 11) is 0. The summed E-state index contributed by atoms with van der Waals surface area (Å²) in [6.45, 7) is 8.01. The van der Waals surface area contributed by atoms with E-state index < -0.39 is 23.8 Å². The quantitative estimate of drug-likeness (QED) is 0.206. The number of benzene rings is 4. The first kappa shape index (κ1) is 38.0. The van der Waals surface area contributed by atoms with Crippen LogP contribution in [0.15, 0.2) is 84.9 Å². The van der Waals surface area contributed by atoms with Crippen molar-refractivity contribution < 1.29 is 33.4 Å². The van der Waals surface area contributed by atoms with Crippen LogP contribution in [-0.2, 0) is 16.0 Å². The summed E-state index contributed by atoms with van der Waals surface area (Å²) < 4.78 is 20.0. The number of rotatable bonds is 10. The SMILES string of the molecule is O=C1CCC(N2C(=O)c3ccc(N4CCN(C[C@@H]5CCN(CCOc6ccc([C@@H]7c8ccc(O)cc8CC[C@@H]7c7ccc(F)cc7)cc6)C5)CC4)cc3C2=O)C(=O)N1. The molecule has 3 saturated heterocycles. The fourth-order valence-electron chi connectivity index (χ4n) is 9.83. The lowest BCUT2D eigenvalue weighted by Gasteiger charge is -2.37. The molecule has 12 heteroatoms. The van der Waals surface area contributed by atoms with E-state index >= 15 is 0 Å². The number of likely N-dealkylation sites (tertiary alicyclic amines) is 1. The van der Waals surface area contributed by atoms with Crippen molar-refractivity contribution in [3.63, 3.8) is 0 Å². The molecule has 4 heterocycles. The molecule has 4 aliphatic heterocycles. The number of hydrogen-bond acceptors (Lipinski definition) is 9. The first-order valence-electron chi connectivity index (χ1n) is 20.5. The van der Waals surface area contributed by atoms with Crippen LogP contribution in [0.5, 0.6) is 11.5 Å². The van der Waals surface area contributed by atoms with E-state index in [1.807, 2.05) is 30.3 Å². The van der Waals surface area contributed by atoms with E-state index in [4.69, 9.17) is 4.74 Å². The van der Waals surface area contributed by atoms with Crippen molar-refractivity contribution in [2.24, 2.45) is 5.92 Å². The van der Waals surface area contributed by atoms with Crippen LogP contribution in [0.2, 0.25) is 0 Å². The number of ether oxygens (including phenoxy) is 1. The maximum Gasteiger partial charge on any atom is 0.262 e. The van der Waals surface area contributed by atoms with E-state index in [2.05, 4.69) is 44.3 Å². The van der Waals surface area contributed by atoms with Crippen LogP contribution >= 0.6 is 0 Å². The van der Waals surface area contributed by atoms with E-state index in [1.54, 1.807) is 18.2 Å². The summed E-state index contributed by atoms with van der Waals surface area (Å²) in [4.78, 5) is 58.8. The molecule has 4 amide bonds. The third-order valence-corrected chi connectivity index (χ3v) is 12.8. The Balaban J connectivity index is 0.742. The molecule has 0 spiro atoms. The Morgan fingerprint density at radius 2 is 1.50 bits per heavy atom. The Kier molecular flexibility index (Phi) is 10.5. The van der Waals surface area contributed by atoms with Gasteiger partial charge in [-0.05, 0) is 121 Å². The minimum absolute atomic E-state index is 0.0879. The number of halogens is 1. The molecule has 0 saturated carbocycles. The van der Waals surface area contributed by atoms with Gasteiger partial charge in [0.15, 0.2) is 0 Å². The molecule has 4 aromatic rings. The minimum Gasteiger partial charge on any atom is -0.508 e. The normalized spacial score (nSPS) is 23.9. The standard InChI is InChI=1S/C46H48FN5O6/c47-33-6-1-30(2-7-33)37-12-5-32-25-35(53)9-14-38(32)43(37)31-3-10-36(11-4-31)58-24-23-49-18-17-29(27-49)28-50-19-21-51(22-20-50)34-8-13-39-40(26-34)46(57)52(45(39)56)41-15-16-42(54)48-44(41)55/h1-4,6-11,13-14,25-26,29,37,41,43,53H,5,12,15-24,27-28H2,(H,48,54,55)/t29-,37-,41?,43+/m1/s1. The van der Waals surface area contributed by atoms with Crippen molar-refractivity contribution in [3.8, 4) is 11.5 Å². The molecule has 2 N–H and O–H groups in total. The van der Waals surface area contributed by atoms with Crippen LogP contribution in [0.25, 0.3) is 0 Å². The molecule has 1 aliphatic carbocycles. The van der Waals surface area contributed by atoms with E-state index in [9.17, 15) is 28.7 Å². The zero-order chi connectivity index (χ0) is 39.9. The molecule has 5 aliphatic rings. The van der Waals surface area contributed by atoms with Crippen molar-refractivity contribution in [2.45, 2.75) is 50.0 Å². The Bertz CT molecular complexity index is 2220. The number of piperazine rings is 1. The second-order valence-electron chi connectivity index (χ2n) is 16.4. The average molecular weight is 786 g/mol. The second kappa shape index (κ2) is 16.0. The molecule has 0 radical (unpaired) electrons. The number of amides is 4. The van der Waals surface area contributed by atoms with Crippen molar-refractivity contribution >= 4 is 29.3 Å². The lowest BCUT2D eigenvalue weighted by atomic mass is 9.69. The van der Waals surface area contributed by atoms with Gasteiger partial charge < -0.3 is 14.7 Å². The average Bonchev–Trinajstić information content (AvgIpc) is 3.78. The first-order valence-corrected chi connectivity index (χ1v) is 20.5. The number of carbonyl (C=O) groups excluding carboxylic acids is 4. The van der Waals surface area contributed by atoms with Gasteiger partial charge in [0.2, 0.25) is 11.8 Å². The minimum atomic E-state index is -0.969. The van der Waals surface area contributed by atoms with Gasteiger partial charge in [-0.25, -0.2) is 4.39 Å². The summed E-state index contributed by atoms with van der Waals surface area (Å²) in [6, 6.07) is 25.3. The zero-order valence-electron chi connectivity index (χ0n) is 32.4. The van der Waals surface area contributed by atoms with Gasteiger partial charge in [0.1, 0.15) is 30.0 Å². The van der Waals surface area contributed by atoms with Crippen LogP contribution < -0.4 is 15.0 Å². The van der Waals surface area contributed by atoms with Gasteiger partial charge in [-0.2, -0.15) is 0 Å². The molecule has 58 heavy (non-hydrogen) atoms. The summed E-state index contributed by atoms with van der Waals surface area (Å²) in [5.41, 5.74) is 6.16. The number of hydrogen-bond donors (Lipinski definition) is 2. The Morgan fingerprint density at radius 1 is 0.741 bits per heavy atom. The van der Waals surface area contributed by atoms with Crippen molar-refractivity contribution in [3.05, 3.63) is 124 Å².